The van der Waals surface area contributed by atoms with Gasteiger partial charge in [-0.3, -0.25) is 9.69 Å². The van der Waals surface area contributed by atoms with Crippen LogP contribution in [0, 0.1) is 11.3 Å². The van der Waals surface area contributed by atoms with Crippen molar-refractivity contribution >= 4 is 17.1 Å². The van der Waals surface area contributed by atoms with Crippen LogP contribution in [0.2, 0.25) is 0 Å². The molecule has 1 saturated heterocycles. The molecule has 0 spiro atoms. The number of ether oxygens (including phenoxy) is 1. The standard InChI is InChI=1S/C11H12N2O2S/c12-6-9-7-13(3-4-15-9)8-10(14)11-2-1-5-16-11/h1-2,5,9H,3-4,7-8H2. The van der Waals surface area contributed by atoms with Gasteiger partial charge < -0.3 is 4.74 Å². The fourth-order valence-corrected chi connectivity index (χ4v) is 2.30. The molecule has 0 radical (unpaired) electrons. The third kappa shape index (κ3) is 2.67. The zero-order valence-corrected chi connectivity index (χ0v) is 9.57. The number of hydrogen-bond acceptors (Lipinski definition) is 5. The molecule has 1 atom stereocenters. The number of nitrogens with zero attached hydrogens (tertiary/aromatic N) is 2. The highest BCUT2D eigenvalue weighted by Gasteiger charge is 2.22. The molecule has 0 saturated carbocycles. The van der Waals surface area contributed by atoms with Crippen molar-refractivity contribution in [1.29, 1.82) is 5.26 Å². The van der Waals surface area contributed by atoms with Gasteiger partial charge in [0.25, 0.3) is 0 Å². The first kappa shape index (κ1) is 11.3. The highest BCUT2D eigenvalue weighted by Crippen LogP contribution is 2.11. The molecule has 1 aromatic rings. The number of nitriles is 1. The van der Waals surface area contributed by atoms with Crippen LogP contribution in [0.5, 0.6) is 0 Å². The van der Waals surface area contributed by atoms with Crippen molar-refractivity contribution in [2.24, 2.45) is 0 Å². The summed E-state index contributed by atoms with van der Waals surface area (Å²) in [4.78, 5) is 14.6. The molecule has 4 nitrogen and oxygen atoms in total. The largest absolute Gasteiger partial charge is 0.361 e. The first-order valence-electron chi connectivity index (χ1n) is 5.10. The number of carbonyl (C=O) groups is 1. The molecule has 2 rings (SSSR count). The Labute approximate surface area is 98.0 Å². The molecule has 84 valence electrons. The monoisotopic (exact) mass is 236 g/mol. The average Bonchev–Trinajstić information content (AvgIpc) is 2.83. The van der Waals surface area contributed by atoms with Crippen LogP contribution in [-0.2, 0) is 4.74 Å². The minimum Gasteiger partial charge on any atom is -0.361 e. The Bertz CT molecular complexity index is 397. The summed E-state index contributed by atoms with van der Waals surface area (Å²) >= 11 is 1.45. The lowest BCUT2D eigenvalue weighted by Crippen LogP contribution is -2.44. The van der Waals surface area contributed by atoms with E-state index < -0.39 is 6.10 Å². The van der Waals surface area contributed by atoms with Gasteiger partial charge in [0.1, 0.15) is 0 Å². The Morgan fingerprint density at radius 3 is 3.31 bits per heavy atom. The second kappa shape index (κ2) is 5.21. The van der Waals surface area contributed by atoms with Crippen LogP contribution < -0.4 is 0 Å². The van der Waals surface area contributed by atoms with E-state index in [1.165, 1.54) is 11.3 Å². The van der Waals surface area contributed by atoms with Gasteiger partial charge in [-0.15, -0.1) is 11.3 Å². The smallest absolute Gasteiger partial charge is 0.186 e. The zero-order valence-electron chi connectivity index (χ0n) is 8.76. The van der Waals surface area contributed by atoms with Gasteiger partial charge in [0.15, 0.2) is 11.9 Å². The van der Waals surface area contributed by atoms with Crippen molar-refractivity contribution in [2.75, 3.05) is 26.2 Å². The number of rotatable bonds is 3. The fourth-order valence-electron chi connectivity index (χ4n) is 1.64. The van der Waals surface area contributed by atoms with Crippen LogP contribution in [0.3, 0.4) is 0 Å². The number of Topliss-reactive ketones (excluding diaryl/α,β-unsaturated/α-hetero) is 1. The molecule has 0 aliphatic carbocycles. The van der Waals surface area contributed by atoms with Gasteiger partial charge in [-0.1, -0.05) is 6.07 Å². The van der Waals surface area contributed by atoms with Crippen LogP contribution in [0.15, 0.2) is 17.5 Å². The van der Waals surface area contributed by atoms with Crippen LogP contribution in [0.1, 0.15) is 9.67 Å². The van der Waals surface area contributed by atoms with E-state index in [0.717, 1.165) is 11.4 Å². The summed E-state index contributed by atoms with van der Waals surface area (Å²) in [5.74, 6) is 0.119. The number of thiophene rings is 1. The number of carbonyl (C=O) groups excluding carboxylic acids is 1. The molecule has 0 amide bonds. The maximum Gasteiger partial charge on any atom is 0.186 e. The zero-order chi connectivity index (χ0) is 11.4. The molecular weight excluding hydrogens is 224 g/mol. The molecule has 1 fully saturated rings. The maximum absolute atomic E-state index is 11.8. The van der Waals surface area contributed by atoms with Gasteiger partial charge in [-0.05, 0) is 11.4 Å². The van der Waals surface area contributed by atoms with Gasteiger partial charge in [0.05, 0.1) is 24.1 Å². The molecule has 1 aliphatic heterocycles. The van der Waals surface area contributed by atoms with Crippen molar-refractivity contribution in [3.05, 3.63) is 22.4 Å². The Balaban J connectivity index is 1.90. The van der Waals surface area contributed by atoms with Crippen LogP contribution in [0.4, 0.5) is 0 Å². The molecule has 1 unspecified atom stereocenters. The maximum atomic E-state index is 11.8. The third-order valence-electron chi connectivity index (χ3n) is 2.46. The summed E-state index contributed by atoms with van der Waals surface area (Å²) < 4.78 is 5.22. The van der Waals surface area contributed by atoms with Crippen molar-refractivity contribution in [3.63, 3.8) is 0 Å². The highest BCUT2D eigenvalue weighted by molar-refractivity contribution is 7.12. The molecule has 1 aliphatic rings. The number of morpholine rings is 1. The van der Waals surface area contributed by atoms with Crippen LogP contribution >= 0.6 is 11.3 Å². The SMILES string of the molecule is N#CC1CN(CC(=O)c2cccs2)CCO1. The molecule has 1 aromatic heterocycles. The quantitative estimate of drug-likeness (QED) is 0.739. The van der Waals surface area contributed by atoms with E-state index in [1.54, 1.807) is 0 Å². The lowest BCUT2D eigenvalue weighted by atomic mass is 10.2. The minimum absolute atomic E-state index is 0.119. The third-order valence-corrected chi connectivity index (χ3v) is 3.37. The summed E-state index contributed by atoms with van der Waals surface area (Å²) in [6.07, 6.45) is -0.398. The predicted octanol–water partition coefficient (Wildman–Crippen LogP) is 1.16. The van der Waals surface area contributed by atoms with Gasteiger partial charge >= 0.3 is 0 Å². The highest BCUT2D eigenvalue weighted by atomic mass is 32.1. The van der Waals surface area contributed by atoms with E-state index in [1.807, 2.05) is 22.4 Å². The van der Waals surface area contributed by atoms with E-state index in [9.17, 15) is 4.79 Å². The number of hydrogen-bond donors (Lipinski definition) is 0. The summed E-state index contributed by atoms with van der Waals surface area (Å²) in [5.41, 5.74) is 0. The molecular formula is C11H12N2O2S. The summed E-state index contributed by atoms with van der Waals surface area (Å²) in [7, 11) is 0. The van der Waals surface area contributed by atoms with Crippen molar-refractivity contribution in [2.45, 2.75) is 6.10 Å². The summed E-state index contributed by atoms with van der Waals surface area (Å²) in [6, 6.07) is 5.77. The van der Waals surface area contributed by atoms with E-state index in [0.29, 0.717) is 19.7 Å². The van der Waals surface area contributed by atoms with E-state index in [2.05, 4.69) is 6.07 Å². The van der Waals surface area contributed by atoms with Crippen molar-refractivity contribution in [1.82, 2.24) is 4.90 Å². The van der Waals surface area contributed by atoms with Gasteiger partial charge in [0.2, 0.25) is 0 Å². The Morgan fingerprint density at radius 2 is 2.62 bits per heavy atom. The summed E-state index contributed by atoms with van der Waals surface area (Å²) in [5, 5.41) is 10.6. The molecule has 5 heteroatoms. The van der Waals surface area contributed by atoms with Crippen molar-refractivity contribution < 1.29 is 9.53 Å². The lowest BCUT2D eigenvalue weighted by Gasteiger charge is -2.28. The molecule has 16 heavy (non-hydrogen) atoms. The molecule has 0 N–H and O–H groups in total. The Morgan fingerprint density at radius 1 is 1.75 bits per heavy atom. The molecule has 2 heterocycles. The van der Waals surface area contributed by atoms with Gasteiger partial charge in [-0.25, -0.2) is 0 Å². The second-order valence-corrected chi connectivity index (χ2v) is 4.57. The Kier molecular flexibility index (Phi) is 3.67. The normalized spacial score (nSPS) is 21.6. The fraction of sp³-hybridized carbons (Fsp3) is 0.455. The predicted molar refractivity (Wildman–Crippen MR) is 60.4 cm³/mol. The van der Waals surface area contributed by atoms with E-state index in [-0.39, 0.29) is 5.78 Å². The van der Waals surface area contributed by atoms with E-state index >= 15 is 0 Å². The first-order valence-corrected chi connectivity index (χ1v) is 5.98. The average molecular weight is 236 g/mol. The minimum atomic E-state index is -0.398. The van der Waals surface area contributed by atoms with Crippen molar-refractivity contribution in [3.8, 4) is 6.07 Å². The lowest BCUT2D eigenvalue weighted by molar-refractivity contribution is 0.00246. The topological polar surface area (TPSA) is 53.3 Å². The van der Waals surface area contributed by atoms with E-state index in [4.69, 9.17) is 10.00 Å². The van der Waals surface area contributed by atoms with Gasteiger partial charge in [-0.2, -0.15) is 5.26 Å². The van der Waals surface area contributed by atoms with Crippen LogP contribution in [0.25, 0.3) is 0 Å². The molecule has 0 aromatic carbocycles. The first-order chi connectivity index (χ1) is 7.79. The van der Waals surface area contributed by atoms with Gasteiger partial charge in [0, 0.05) is 13.1 Å². The second-order valence-electron chi connectivity index (χ2n) is 3.62. The van der Waals surface area contributed by atoms with Crippen LogP contribution in [-0.4, -0.2) is 43.0 Å². The number of ketones is 1. The molecule has 0 bridgehead atoms. The Hall–Kier alpha value is -1.22. The summed E-state index contributed by atoms with van der Waals surface area (Å²) in [6.45, 7) is 2.14.